The van der Waals surface area contributed by atoms with Gasteiger partial charge in [0.2, 0.25) is 5.91 Å². The zero-order chi connectivity index (χ0) is 17.3. The number of aromatic nitrogens is 1. The van der Waals surface area contributed by atoms with E-state index in [1.807, 2.05) is 13.8 Å². The van der Waals surface area contributed by atoms with Gasteiger partial charge in [-0.25, -0.2) is 4.39 Å². The summed E-state index contributed by atoms with van der Waals surface area (Å²) in [6, 6.07) is 7.56. The first-order chi connectivity index (χ1) is 11.5. The first-order valence-corrected chi connectivity index (χ1v) is 8.00. The van der Waals surface area contributed by atoms with Gasteiger partial charge >= 0.3 is 0 Å². The maximum Gasteiger partial charge on any atom is 0.253 e. The summed E-state index contributed by atoms with van der Waals surface area (Å²) in [5.74, 6) is -0.650. The molecule has 3 rings (SSSR count). The second-order valence-corrected chi connectivity index (χ2v) is 6.29. The van der Waals surface area contributed by atoms with Gasteiger partial charge in [0, 0.05) is 24.9 Å². The molecule has 1 aromatic carbocycles. The van der Waals surface area contributed by atoms with Gasteiger partial charge in [-0.2, -0.15) is 0 Å². The minimum Gasteiger partial charge on any atom is -0.364 e. The quantitative estimate of drug-likeness (QED) is 0.906. The van der Waals surface area contributed by atoms with Gasteiger partial charge in [-0.1, -0.05) is 26.0 Å². The zero-order valence-corrected chi connectivity index (χ0v) is 13.7. The lowest BCUT2D eigenvalue weighted by molar-refractivity contribution is -0.117. The minimum absolute atomic E-state index is 0.168. The maximum atomic E-state index is 13.9. The molecule has 1 unspecified atom stereocenters. The van der Waals surface area contributed by atoms with Crippen LogP contribution in [0.5, 0.6) is 0 Å². The third-order valence-corrected chi connectivity index (χ3v) is 4.20. The fourth-order valence-corrected chi connectivity index (χ4v) is 3.03. The molecule has 1 aliphatic rings. The average Bonchev–Trinajstić information content (AvgIpc) is 3.15. The number of para-hydroxylation sites is 1. The van der Waals surface area contributed by atoms with Crippen LogP contribution in [0.1, 0.15) is 42.2 Å². The van der Waals surface area contributed by atoms with Gasteiger partial charge in [0.1, 0.15) is 5.82 Å². The number of rotatable bonds is 4. The van der Waals surface area contributed by atoms with E-state index in [1.54, 1.807) is 30.5 Å². The van der Waals surface area contributed by atoms with E-state index < -0.39 is 5.82 Å². The number of carbonyl (C=O) groups is 2. The number of halogens is 1. The Labute approximate surface area is 139 Å². The van der Waals surface area contributed by atoms with Crippen LogP contribution in [0.3, 0.4) is 0 Å². The molecule has 2 amide bonds. The lowest BCUT2D eigenvalue weighted by Gasteiger charge is -2.18. The lowest BCUT2D eigenvalue weighted by Crippen LogP contribution is -2.37. The van der Waals surface area contributed by atoms with Crippen molar-refractivity contribution < 1.29 is 14.0 Å². The maximum absolute atomic E-state index is 13.9. The topological polar surface area (TPSA) is 65.2 Å². The summed E-state index contributed by atoms with van der Waals surface area (Å²) in [5, 5.41) is 2.88. The second-order valence-electron chi connectivity index (χ2n) is 6.29. The number of aromatic amines is 1. The van der Waals surface area contributed by atoms with Crippen LogP contribution in [0.2, 0.25) is 0 Å². The molecular weight excluding hydrogens is 309 g/mol. The highest BCUT2D eigenvalue weighted by atomic mass is 19.1. The third-order valence-electron chi connectivity index (χ3n) is 4.20. The molecule has 0 radical (unpaired) electrons. The van der Waals surface area contributed by atoms with E-state index in [1.165, 1.54) is 11.0 Å². The van der Waals surface area contributed by atoms with E-state index in [9.17, 15) is 14.0 Å². The fourth-order valence-electron chi connectivity index (χ4n) is 3.03. The number of hydrogen-bond donors (Lipinski definition) is 2. The van der Waals surface area contributed by atoms with E-state index in [2.05, 4.69) is 10.3 Å². The van der Waals surface area contributed by atoms with E-state index in [0.717, 1.165) is 5.69 Å². The normalized spacial score (nSPS) is 17.6. The summed E-state index contributed by atoms with van der Waals surface area (Å²) in [4.78, 5) is 29.1. The number of anilines is 1. The monoisotopic (exact) mass is 329 g/mol. The zero-order valence-electron chi connectivity index (χ0n) is 13.7. The van der Waals surface area contributed by atoms with Crippen molar-refractivity contribution in [3.05, 3.63) is 53.6 Å². The largest absolute Gasteiger partial charge is 0.364 e. The molecule has 24 heavy (non-hydrogen) atoms. The first kappa shape index (κ1) is 16.2. The van der Waals surface area contributed by atoms with Gasteiger partial charge in [-0.3, -0.25) is 9.59 Å². The Kier molecular flexibility index (Phi) is 4.38. The van der Waals surface area contributed by atoms with Crippen LogP contribution in [0.15, 0.2) is 36.5 Å². The van der Waals surface area contributed by atoms with Gasteiger partial charge in [-0.05, 0) is 24.1 Å². The summed E-state index contributed by atoms with van der Waals surface area (Å²) >= 11 is 0. The van der Waals surface area contributed by atoms with Crippen LogP contribution in [-0.2, 0) is 4.79 Å². The van der Waals surface area contributed by atoms with E-state index in [4.69, 9.17) is 0 Å². The van der Waals surface area contributed by atoms with Crippen LogP contribution in [0, 0.1) is 5.82 Å². The fraction of sp³-hybridized carbons (Fsp3) is 0.333. The molecule has 5 nitrogen and oxygen atoms in total. The van der Waals surface area contributed by atoms with Gasteiger partial charge in [-0.15, -0.1) is 0 Å². The number of nitrogens with one attached hydrogen (secondary N) is 2. The standard InChI is InChI=1S/C18H20FN3O2/c1-11(2)17-13(7-8-20-17)18(24)21-12-9-16(23)22(10-12)15-6-4-3-5-14(15)19/h3-8,11-12,20H,9-10H2,1-2H3,(H,21,24). The van der Waals surface area contributed by atoms with Crippen molar-refractivity contribution in [2.24, 2.45) is 0 Å². The molecule has 2 heterocycles. The molecule has 0 saturated carbocycles. The first-order valence-electron chi connectivity index (χ1n) is 8.00. The molecule has 1 aliphatic heterocycles. The van der Waals surface area contributed by atoms with Crippen molar-refractivity contribution in [1.29, 1.82) is 0 Å². The summed E-state index contributed by atoms with van der Waals surface area (Å²) in [7, 11) is 0. The highest BCUT2D eigenvalue weighted by Gasteiger charge is 2.33. The molecule has 1 saturated heterocycles. The Morgan fingerprint density at radius 2 is 2.08 bits per heavy atom. The smallest absolute Gasteiger partial charge is 0.253 e. The Morgan fingerprint density at radius 1 is 1.33 bits per heavy atom. The number of nitrogens with zero attached hydrogens (tertiary/aromatic N) is 1. The Morgan fingerprint density at radius 3 is 2.79 bits per heavy atom. The number of H-pyrrole nitrogens is 1. The molecule has 1 atom stereocenters. The number of hydrogen-bond acceptors (Lipinski definition) is 2. The van der Waals surface area contributed by atoms with E-state index in [0.29, 0.717) is 5.56 Å². The molecule has 2 aromatic rings. The van der Waals surface area contributed by atoms with E-state index in [-0.39, 0.29) is 42.4 Å². The van der Waals surface area contributed by atoms with Crippen molar-refractivity contribution in [2.45, 2.75) is 32.2 Å². The van der Waals surface area contributed by atoms with Gasteiger partial charge < -0.3 is 15.2 Å². The summed E-state index contributed by atoms with van der Waals surface area (Å²) < 4.78 is 13.9. The van der Waals surface area contributed by atoms with Crippen molar-refractivity contribution in [2.75, 3.05) is 11.4 Å². The average molecular weight is 329 g/mol. The Hall–Kier alpha value is -2.63. The predicted molar refractivity (Wildman–Crippen MR) is 89.5 cm³/mol. The van der Waals surface area contributed by atoms with E-state index >= 15 is 0 Å². The van der Waals surface area contributed by atoms with Crippen LogP contribution < -0.4 is 10.2 Å². The molecule has 2 N–H and O–H groups in total. The minimum atomic E-state index is -0.439. The third kappa shape index (κ3) is 3.04. The number of carbonyl (C=O) groups excluding carboxylic acids is 2. The summed E-state index contributed by atoms with van der Waals surface area (Å²) in [6.07, 6.45) is 1.90. The van der Waals surface area contributed by atoms with Crippen LogP contribution in [0.25, 0.3) is 0 Å². The highest BCUT2D eigenvalue weighted by Crippen LogP contribution is 2.25. The Bertz CT molecular complexity index is 769. The predicted octanol–water partition coefficient (Wildman–Crippen LogP) is 2.81. The number of benzene rings is 1. The second kappa shape index (κ2) is 6.47. The molecule has 6 heteroatoms. The molecule has 0 bridgehead atoms. The number of amides is 2. The van der Waals surface area contributed by atoms with Gasteiger partial charge in [0.05, 0.1) is 17.3 Å². The van der Waals surface area contributed by atoms with Crippen molar-refractivity contribution >= 4 is 17.5 Å². The van der Waals surface area contributed by atoms with Crippen LogP contribution in [0.4, 0.5) is 10.1 Å². The molecular formula is C18H20FN3O2. The van der Waals surface area contributed by atoms with Crippen molar-refractivity contribution in [1.82, 2.24) is 10.3 Å². The molecule has 0 spiro atoms. The molecule has 126 valence electrons. The lowest BCUT2D eigenvalue weighted by atomic mass is 10.1. The molecule has 0 aliphatic carbocycles. The SMILES string of the molecule is CC(C)c1[nH]ccc1C(=O)NC1CC(=O)N(c2ccccc2F)C1. The van der Waals surface area contributed by atoms with Gasteiger partial charge in [0.15, 0.2) is 0 Å². The summed E-state index contributed by atoms with van der Waals surface area (Å²) in [6.45, 7) is 4.27. The van der Waals surface area contributed by atoms with Crippen molar-refractivity contribution in [3.63, 3.8) is 0 Å². The van der Waals surface area contributed by atoms with Gasteiger partial charge in [0.25, 0.3) is 5.91 Å². The molecule has 1 aromatic heterocycles. The van der Waals surface area contributed by atoms with Crippen LogP contribution in [-0.4, -0.2) is 29.4 Å². The molecule has 1 fully saturated rings. The Balaban J connectivity index is 1.72. The summed E-state index contributed by atoms with van der Waals surface area (Å²) in [5.41, 5.74) is 1.70. The van der Waals surface area contributed by atoms with Crippen molar-refractivity contribution in [3.8, 4) is 0 Å². The van der Waals surface area contributed by atoms with Crippen LogP contribution >= 0.6 is 0 Å². The highest BCUT2D eigenvalue weighted by molar-refractivity contribution is 5.99.